The van der Waals surface area contributed by atoms with E-state index in [0.717, 1.165) is 6.54 Å². The van der Waals surface area contributed by atoms with Gasteiger partial charge in [-0.1, -0.05) is 48.5 Å². The van der Waals surface area contributed by atoms with Crippen LogP contribution in [0.2, 0.25) is 0 Å². The van der Waals surface area contributed by atoms with E-state index in [2.05, 4.69) is 53.8 Å². The third-order valence-electron chi connectivity index (χ3n) is 2.31. The monoisotopic (exact) mass is 185 g/mol. The van der Waals surface area contributed by atoms with Gasteiger partial charge < -0.3 is 5.32 Å². The lowest BCUT2D eigenvalue weighted by Gasteiger charge is -2.36. The Kier molecular flexibility index (Phi) is 4.44. The van der Waals surface area contributed by atoms with E-state index < -0.39 is 0 Å². The summed E-state index contributed by atoms with van der Waals surface area (Å²) in [7, 11) is 0. The lowest BCUT2D eigenvalue weighted by atomic mass is 9.77. The molecule has 1 N–H and O–H groups in total. The van der Waals surface area contributed by atoms with Crippen molar-refractivity contribution in [3.63, 3.8) is 0 Å². The molecule has 0 heterocycles. The highest BCUT2D eigenvalue weighted by Gasteiger charge is 2.27. The number of hydrogen-bond donors (Lipinski definition) is 1. The molecule has 0 fully saturated rings. The summed E-state index contributed by atoms with van der Waals surface area (Å²) in [5.74, 6) is 0. The second-order valence-electron chi connectivity index (χ2n) is 6.24. The Morgan fingerprint density at radius 2 is 1.46 bits per heavy atom. The average molecular weight is 185 g/mol. The first-order valence-electron chi connectivity index (χ1n) is 5.40. The SMILES string of the molecule is CCNC(CC(C)(C)C)C(C)(C)C. The fraction of sp³-hybridized carbons (Fsp3) is 1.00. The molecule has 0 spiro atoms. The first-order valence-corrected chi connectivity index (χ1v) is 5.40. The summed E-state index contributed by atoms with van der Waals surface area (Å²) < 4.78 is 0. The Morgan fingerprint density at radius 1 is 1.00 bits per heavy atom. The predicted molar refractivity (Wildman–Crippen MR) is 61.0 cm³/mol. The molecular formula is C12H27N. The zero-order valence-electron chi connectivity index (χ0n) is 10.5. The van der Waals surface area contributed by atoms with Gasteiger partial charge in [0.1, 0.15) is 0 Å². The van der Waals surface area contributed by atoms with Gasteiger partial charge in [-0.3, -0.25) is 0 Å². The quantitative estimate of drug-likeness (QED) is 0.710. The van der Waals surface area contributed by atoms with Crippen LogP contribution in [-0.2, 0) is 0 Å². The van der Waals surface area contributed by atoms with Gasteiger partial charge in [0, 0.05) is 6.04 Å². The van der Waals surface area contributed by atoms with Gasteiger partial charge in [0.15, 0.2) is 0 Å². The van der Waals surface area contributed by atoms with Crippen LogP contribution in [0, 0.1) is 10.8 Å². The second-order valence-corrected chi connectivity index (χ2v) is 6.24. The topological polar surface area (TPSA) is 12.0 Å². The van der Waals surface area contributed by atoms with Crippen molar-refractivity contribution in [3.05, 3.63) is 0 Å². The predicted octanol–water partition coefficient (Wildman–Crippen LogP) is 3.45. The molecule has 0 aromatic carbocycles. The summed E-state index contributed by atoms with van der Waals surface area (Å²) >= 11 is 0. The lowest BCUT2D eigenvalue weighted by molar-refractivity contribution is 0.197. The Morgan fingerprint density at radius 3 is 1.69 bits per heavy atom. The van der Waals surface area contributed by atoms with Gasteiger partial charge in [0.25, 0.3) is 0 Å². The molecule has 0 aliphatic heterocycles. The molecule has 0 saturated carbocycles. The van der Waals surface area contributed by atoms with Gasteiger partial charge >= 0.3 is 0 Å². The first-order chi connectivity index (χ1) is 5.67. The first kappa shape index (κ1) is 13.0. The van der Waals surface area contributed by atoms with Gasteiger partial charge in [-0.25, -0.2) is 0 Å². The summed E-state index contributed by atoms with van der Waals surface area (Å²) in [6, 6.07) is 0.623. The smallest absolute Gasteiger partial charge is 0.0120 e. The standard InChI is InChI=1S/C12H27N/c1-8-13-10(12(5,6)7)9-11(2,3)4/h10,13H,8-9H2,1-7H3. The van der Waals surface area contributed by atoms with Crippen LogP contribution in [0.5, 0.6) is 0 Å². The zero-order chi connectivity index (χ0) is 10.7. The number of nitrogens with one attached hydrogen (secondary N) is 1. The van der Waals surface area contributed by atoms with E-state index in [1.165, 1.54) is 6.42 Å². The van der Waals surface area contributed by atoms with Gasteiger partial charge in [-0.15, -0.1) is 0 Å². The molecule has 0 bridgehead atoms. The van der Waals surface area contributed by atoms with Crippen molar-refractivity contribution in [3.8, 4) is 0 Å². The fourth-order valence-electron chi connectivity index (χ4n) is 1.54. The van der Waals surface area contributed by atoms with Crippen molar-refractivity contribution in [2.24, 2.45) is 10.8 Å². The molecule has 1 unspecified atom stereocenters. The Labute approximate surface area is 84.3 Å². The molecule has 0 aliphatic rings. The Balaban J connectivity index is 4.27. The summed E-state index contributed by atoms with van der Waals surface area (Å²) in [4.78, 5) is 0. The molecule has 13 heavy (non-hydrogen) atoms. The van der Waals surface area contributed by atoms with E-state index in [1.807, 2.05) is 0 Å². The number of hydrogen-bond acceptors (Lipinski definition) is 1. The maximum atomic E-state index is 3.58. The largest absolute Gasteiger partial charge is 0.314 e. The summed E-state index contributed by atoms with van der Waals surface area (Å²) in [5.41, 5.74) is 0.781. The maximum absolute atomic E-state index is 3.58. The molecule has 0 rings (SSSR count). The molecule has 0 aliphatic carbocycles. The molecule has 0 aromatic heterocycles. The molecule has 0 saturated heterocycles. The maximum Gasteiger partial charge on any atom is 0.0120 e. The molecule has 0 amide bonds. The van der Waals surface area contributed by atoms with Crippen molar-refractivity contribution >= 4 is 0 Å². The van der Waals surface area contributed by atoms with Crippen molar-refractivity contribution in [1.29, 1.82) is 0 Å². The number of rotatable bonds is 3. The van der Waals surface area contributed by atoms with Crippen LogP contribution in [-0.4, -0.2) is 12.6 Å². The van der Waals surface area contributed by atoms with Crippen LogP contribution in [0.3, 0.4) is 0 Å². The van der Waals surface area contributed by atoms with Crippen LogP contribution in [0.1, 0.15) is 54.9 Å². The zero-order valence-corrected chi connectivity index (χ0v) is 10.5. The molecule has 1 atom stereocenters. The Hall–Kier alpha value is -0.0400. The van der Waals surface area contributed by atoms with E-state index in [4.69, 9.17) is 0 Å². The normalized spacial score (nSPS) is 15.9. The van der Waals surface area contributed by atoms with Crippen molar-refractivity contribution < 1.29 is 0 Å². The van der Waals surface area contributed by atoms with Gasteiger partial charge in [0.05, 0.1) is 0 Å². The van der Waals surface area contributed by atoms with Crippen LogP contribution >= 0.6 is 0 Å². The van der Waals surface area contributed by atoms with E-state index in [-0.39, 0.29) is 0 Å². The summed E-state index contributed by atoms with van der Waals surface area (Å²) in [5, 5.41) is 3.58. The summed E-state index contributed by atoms with van der Waals surface area (Å²) in [6.07, 6.45) is 1.24. The highest BCUT2D eigenvalue weighted by molar-refractivity contribution is 4.84. The lowest BCUT2D eigenvalue weighted by Crippen LogP contribution is -2.42. The van der Waals surface area contributed by atoms with Gasteiger partial charge in [0.2, 0.25) is 0 Å². The molecule has 0 radical (unpaired) electrons. The van der Waals surface area contributed by atoms with Crippen molar-refractivity contribution in [2.75, 3.05) is 6.54 Å². The van der Waals surface area contributed by atoms with E-state index in [0.29, 0.717) is 16.9 Å². The molecular weight excluding hydrogens is 158 g/mol. The van der Waals surface area contributed by atoms with Gasteiger partial charge in [-0.05, 0) is 23.8 Å². The molecule has 1 heteroatoms. The van der Waals surface area contributed by atoms with Crippen molar-refractivity contribution in [2.45, 2.75) is 60.9 Å². The van der Waals surface area contributed by atoms with Crippen LogP contribution < -0.4 is 5.32 Å². The highest BCUT2D eigenvalue weighted by Crippen LogP contribution is 2.30. The minimum atomic E-state index is 0.364. The van der Waals surface area contributed by atoms with Crippen LogP contribution in [0.4, 0.5) is 0 Å². The third-order valence-corrected chi connectivity index (χ3v) is 2.31. The highest BCUT2D eigenvalue weighted by atomic mass is 14.9. The minimum Gasteiger partial charge on any atom is -0.314 e. The van der Waals surface area contributed by atoms with Gasteiger partial charge in [-0.2, -0.15) is 0 Å². The molecule has 0 aromatic rings. The van der Waals surface area contributed by atoms with Crippen LogP contribution in [0.15, 0.2) is 0 Å². The third kappa shape index (κ3) is 6.09. The summed E-state index contributed by atoms with van der Waals surface area (Å²) in [6.45, 7) is 17.1. The minimum absolute atomic E-state index is 0.364. The van der Waals surface area contributed by atoms with Crippen molar-refractivity contribution in [1.82, 2.24) is 5.32 Å². The fourth-order valence-corrected chi connectivity index (χ4v) is 1.54. The van der Waals surface area contributed by atoms with E-state index in [9.17, 15) is 0 Å². The van der Waals surface area contributed by atoms with Crippen LogP contribution in [0.25, 0.3) is 0 Å². The Bertz CT molecular complexity index is 136. The van der Waals surface area contributed by atoms with E-state index in [1.54, 1.807) is 0 Å². The average Bonchev–Trinajstić information content (AvgIpc) is 1.81. The molecule has 1 nitrogen and oxygen atoms in total. The molecule has 80 valence electrons. The van der Waals surface area contributed by atoms with E-state index >= 15 is 0 Å². The second kappa shape index (κ2) is 4.45.